The number of hydrogen-bond acceptors (Lipinski definition) is 3. The van der Waals surface area contributed by atoms with Gasteiger partial charge in [0.05, 0.1) is 9.49 Å². The Morgan fingerprint density at radius 2 is 1.36 bits per heavy atom. The fourth-order valence-corrected chi connectivity index (χ4v) is 4.67. The molecular weight excluding hydrogens is 222 g/mol. The van der Waals surface area contributed by atoms with E-state index in [2.05, 4.69) is 0 Å². The standard InChI is InChI=1S/C9H19NO2S.ClH/c1-8(2)5-7(10)6-9(3,4)13(8,11)12;/h7H,5-6,10H2,1-4H3;1H. The molecule has 1 heterocycles. The monoisotopic (exact) mass is 241 g/mol. The molecule has 0 spiro atoms. The molecule has 0 aromatic heterocycles. The molecule has 1 aliphatic heterocycles. The van der Waals surface area contributed by atoms with Crippen molar-refractivity contribution in [2.75, 3.05) is 0 Å². The largest absolute Gasteiger partial charge is 0.328 e. The smallest absolute Gasteiger partial charge is 0.160 e. The second-order valence-electron chi connectivity index (χ2n) is 5.19. The molecule has 1 rings (SSSR count). The summed E-state index contributed by atoms with van der Waals surface area (Å²) in [5.41, 5.74) is 5.84. The summed E-state index contributed by atoms with van der Waals surface area (Å²) < 4.78 is 22.7. The lowest BCUT2D eigenvalue weighted by atomic mass is 9.94. The van der Waals surface area contributed by atoms with Gasteiger partial charge in [-0.05, 0) is 40.5 Å². The molecule has 1 aliphatic rings. The van der Waals surface area contributed by atoms with Crippen molar-refractivity contribution in [1.29, 1.82) is 0 Å². The van der Waals surface area contributed by atoms with Crippen molar-refractivity contribution in [2.24, 2.45) is 5.73 Å². The lowest BCUT2D eigenvalue weighted by Gasteiger charge is -2.43. The zero-order chi connectivity index (χ0) is 10.5. The molecule has 0 saturated carbocycles. The molecule has 0 aromatic rings. The van der Waals surface area contributed by atoms with Gasteiger partial charge in [-0.3, -0.25) is 0 Å². The van der Waals surface area contributed by atoms with Gasteiger partial charge >= 0.3 is 0 Å². The molecule has 1 saturated heterocycles. The maximum atomic E-state index is 12.0. The van der Waals surface area contributed by atoms with E-state index in [0.717, 1.165) is 0 Å². The minimum Gasteiger partial charge on any atom is -0.328 e. The number of rotatable bonds is 0. The lowest BCUT2D eigenvalue weighted by Crippen LogP contribution is -2.55. The van der Waals surface area contributed by atoms with Crippen LogP contribution in [0.2, 0.25) is 0 Å². The van der Waals surface area contributed by atoms with E-state index in [9.17, 15) is 8.42 Å². The zero-order valence-electron chi connectivity index (χ0n) is 9.20. The second-order valence-corrected chi connectivity index (χ2v) is 8.41. The van der Waals surface area contributed by atoms with Crippen molar-refractivity contribution in [1.82, 2.24) is 0 Å². The molecule has 3 nitrogen and oxygen atoms in total. The van der Waals surface area contributed by atoms with Gasteiger partial charge in [-0.15, -0.1) is 12.4 Å². The van der Waals surface area contributed by atoms with Crippen LogP contribution >= 0.6 is 12.4 Å². The first-order valence-electron chi connectivity index (χ1n) is 4.60. The van der Waals surface area contributed by atoms with Crippen LogP contribution < -0.4 is 5.73 Å². The van der Waals surface area contributed by atoms with Crippen LogP contribution in [0.25, 0.3) is 0 Å². The summed E-state index contributed by atoms with van der Waals surface area (Å²) in [4.78, 5) is 0. The average Bonchev–Trinajstić information content (AvgIpc) is 1.80. The predicted octanol–water partition coefficient (Wildman–Crippen LogP) is 1.50. The van der Waals surface area contributed by atoms with Gasteiger partial charge in [0.15, 0.2) is 9.84 Å². The van der Waals surface area contributed by atoms with Crippen LogP contribution in [0.5, 0.6) is 0 Å². The molecular formula is C9H20ClNO2S. The molecule has 0 amide bonds. The highest BCUT2D eigenvalue weighted by atomic mass is 35.5. The summed E-state index contributed by atoms with van der Waals surface area (Å²) in [5, 5.41) is 0. The molecule has 14 heavy (non-hydrogen) atoms. The topological polar surface area (TPSA) is 60.2 Å². The quantitative estimate of drug-likeness (QED) is 0.699. The van der Waals surface area contributed by atoms with E-state index in [1.165, 1.54) is 0 Å². The Balaban J connectivity index is 0.00000169. The molecule has 0 aliphatic carbocycles. The van der Waals surface area contributed by atoms with Crippen LogP contribution in [0.15, 0.2) is 0 Å². The normalized spacial score (nSPS) is 29.2. The first-order valence-corrected chi connectivity index (χ1v) is 6.08. The third kappa shape index (κ3) is 1.92. The number of nitrogens with two attached hydrogens (primary N) is 1. The van der Waals surface area contributed by atoms with Crippen LogP contribution in [-0.2, 0) is 9.84 Å². The fourth-order valence-electron chi connectivity index (χ4n) is 2.30. The summed E-state index contributed by atoms with van der Waals surface area (Å²) in [6.07, 6.45) is 1.14. The highest BCUT2D eigenvalue weighted by molar-refractivity contribution is 7.94. The summed E-state index contributed by atoms with van der Waals surface area (Å²) in [5.74, 6) is 0. The van der Waals surface area contributed by atoms with E-state index in [-0.39, 0.29) is 18.4 Å². The van der Waals surface area contributed by atoms with Gasteiger partial charge in [-0.1, -0.05) is 0 Å². The summed E-state index contributed by atoms with van der Waals surface area (Å²) in [7, 11) is -3.05. The molecule has 0 unspecified atom stereocenters. The molecule has 1 fully saturated rings. The Morgan fingerprint density at radius 1 is 1.07 bits per heavy atom. The highest BCUT2D eigenvalue weighted by Gasteiger charge is 2.51. The molecule has 0 bridgehead atoms. The third-order valence-corrected chi connectivity index (χ3v) is 6.21. The predicted molar refractivity (Wildman–Crippen MR) is 61.5 cm³/mol. The van der Waals surface area contributed by atoms with Gasteiger partial charge in [0.2, 0.25) is 0 Å². The molecule has 0 radical (unpaired) electrons. The van der Waals surface area contributed by atoms with E-state index >= 15 is 0 Å². The van der Waals surface area contributed by atoms with Crippen molar-refractivity contribution in [2.45, 2.75) is 56.1 Å². The first-order chi connectivity index (χ1) is 5.60. The number of hydrogen-bond donors (Lipinski definition) is 1. The molecule has 86 valence electrons. The van der Waals surface area contributed by atoms with Crippen molar-refractivity contribution in [3.63, 3.8) is 0 Å². The molecule has 0 aromatic carbocycles. The number of sulfone groups is 1. The Labute approximate surface area is 92.8 Å². The zero-order valence-corrected chi connectivity index (χ0v) is 10.8. The van der Waals surface area contributed by atoms with Crippen LogP contribution in [0, 0.1) is 0 Å². The summed E-state index contributed by atoms with van der Waals surface area (Å²) in [6.45, 7) is 7.07. The van der Waals surface area contributed by atoms with Gasteiger partial charge in [0, 0.05) is 6.04 Å². The van der Waals surface area contributed by atoms with Gasteiger partial charge < -0.3 is 5.73 Å². The molecule has 0 atom stereocenters. The maximum absolute atomic E-state index is 12.0. The van der Waals surface area contributed by atoms with Gasteiger partial charge in [-0.2, -0.15) is 0 Å². The lowest BCUT2D eigenvalue weighted by molar-refractivity contribution is 0.377. The summed E-state index contributed by atoms with van der Waals surface area (Å²) >= 11 is 0. The van der Waals surface area contributed by atoms with E-state index in [4.69, 9.17) is 5.73 Å². The van der Waals surface area contributed by atoms with Crippen molar-refractivity contribution in [3.05, 3.63) is 0 Å². The van der Waals surface area contributed by atoms with Gasteiger partial charge in [0.25, 0.3) is 0 Å². The SMILES string of the molecule is CC1(C)CC(N)CC(C)(C)S1(=O)=O.Cl. The van der Waals surface area contributed by atoms with E-state index in [1.807, 2.05) is 0 Å². The van der Waals surface area contributed by atoms with Crippen molar-refractivity contribution in [3.8, 4) is 0 Å². The number of halogens is 1. The van der Waals surface area contributed by atoms with Crippen LogP contribution in [0.1, 0.15) is 40.5 Å². The van der Waals surface area contributed by atoms with Gasteiger partial charge in [0.1, 0.15) is 0 Å². The average molecular weight is 242 g/mol. The minimum absolute atomic E-state index is 0. The van der Waals surface area contributed by atoms with E-state index in [1.54, 1.807) is 27.7 Å². The Kier molecular flexibility index (Phi) is 3.70. The summed E-state index contributed by atoms with van der Waals surface area (Å²) in [6, 6.07) is 0.00789. The van der Waals surface area contributed by atoms with Gasteiger partial charge in [-0.25, -0.2) is 8.42 Å². The maximum Gasteiger partial charge on any atom is 0.160 e. The van der Waals surface area contributed by atoms with Crippen molar-refractivity contribution >= 4 is 22.2 Å². The Bertz CT molecular complexity index is 285. The molecule has 2 N–H and O–H groups in total. The molecule has 5 heteroatoms. The second kappa shape index (κ2) is 3.65. The first kappa shape index (κ1) is 14.2. The van der Waals surface area contributed by atoms with E-state index in [0.29, 0.717) is 12.8 Å². The fraction of sp³-hybridized carbons (Fsp3) is 1.00. The Hall–Kier alpha value is 0.200. The highest BCUT2D eigenvalue weighted by Crippen LogP contribution is 2.40. The minimum atomic E-state index is -3.05. The van der Waals surface area contributed by atoms with E-state index < -0.39 is 19.3 Å². The Morgan fingerprint density at radius 3 is 1.64 bits per heavy atom. The van der Waals surface area contributed by atoms with Crippen molar-refractivity contribution < 1.29 is 8.42 Å². The van der Waals surface area contributed by atoms with Crippen LogP contribution in [-0.4, -0.2) is 24.0 Å². The third-order valence-electron chi connectivity index (χ3n) is 2.96. The van der Waals surface area contributed by atoms with Crippen LogP contribution in [0.4, 0.5) is 0 Å². The van der Waals surface area contributed by atoms with Crippen LogP contribution in [0.3, 0.4) is 0 Å².